The third-order valence-electron chi connectivity index (χ3n) is 4.36. The number of carbonyl (C=O) groups excluding carboxylic acids is 1. The van der Waals surface area contributed by atoms with E-state index in [0.29, 0.717) is 29.0 Å². The molecule has 3 aromatic rings. The largest absolute Gasteiger partial charge is 0.496 e. The molecule has 0 aliphatic heterocycles. The number of aryl methyl sites for hydroxylation is 2. The molecule has 0 spiro atoms. The molecule has 0 unspecified atom stereocenters. The minimum absolute atomic E-state index is 0.203. The van der Waals surface area contributed by atoms with Gasteiger partial charge in [-0.05, 0) is 61.7 Å². The number of amides is 1. The van der Waals surface area contributed by atoms with Crippen LogP contribution in [-0.4, -0.2) is 24.6 Å². The minimum Gasteiger partial charge on any atom is -0.496 e. The maximum Gasteiger partial charge on any atom is 0.257 e. The zero-order chi connectivity index (χ0) is 21.0. The van der Waals surface area contributed by atoms with Gasteiger partial charge in [-0.2, -0.15) is 0 Å². The Morgan fingerprint density at radius 2 is 1.97 bits per heavy atom. The summed E-state index contributed by atoms with van der Waals surface area (Å²) in [4.78, 5) is 18.4. The van der Waals surface area contributed by atoms with Gasteiger partial charge in [0, 0.05) is 16.0 Å². The highest BCUT2D eigenvalue weighted by Gasteiger charge is 2.14. The summed E-state index contributed by atoms with van der Waals surface area (Å²) >= 11 is 1.46. The van der Waals surface area contributed by atoms with Crippen molar-refractivity contribution in [1.29, 1.82) is 0 Å². The molecule has 1 heterocycles. The van der Waals surface area contributed by atoms with E-state index < -0.39 is 0 Å². The molecular formula is C23H26N2O3S. The van der Waals surface area contributed by atoms with Crippen molar-refractivity contribution < 1.29 is 14.3 Å². The number of aromatic nitrogens is 1. The lowest BCUT2D eigenvalue weighted by atomic mass is 10.1. The van der Waals surface area contributed by atoms with E-state index in [9.17, 15) is 4.79 Å². The molecule has 2 aromatic carbocycles. The Kier molecular flexibility index (Phi) is 6.54. The van der Waals surface area contributed by atoms with Gasteiger partial charge in [0.1, 0.15) is 11.5 Å². The molecule has 1 aromatic heterocycles. The number of methoxy groups -OCH3 is 1. The molecule has 5 nitrogen and oxygen atoms in total. The van der Waals surface area contributed by atoms with Crippen LogP contribution in [0.25, 0.3) is 11.3 Å². The van der Waals surface area contributed by atoms with Crippen molar-refractivity contribution in [2.24, 2.45) is 5.92 Å². The maximum atomic E-state index is 12.7. The van der Waals surface area contributed by atoms with Crippen LogP contribution in [0.2, 0.25) is 0 Å². The number of anilines is 1. The van der Waals surface area contributed by atoms with Gasteiger partial charge >= 0.3 is 0 Å². The lowest BCUT2D eigenvalue weighted by Crippen LogP contribution is -2.12. The number of hydrogen-bond donors (Lipinski definition) is 1. The maximum absolute atomic E-state index is 12.7. The first-order valence-corrected chi connectivity index (χ1v) is 10.4. The molecule has 1 amide bonds. The fourth-order valence-electron chi connectivity index (χ4n) is 2.90. The first-order valence-electron chi connectivity index (χ1n) is 9.54. The Bertz CT molecular complexity index is 1010. The lowest BCUT2D eigenvalue weighted by molar-refractivity contribution is 0.102. The minimum atomic E-state index is -0.203. The van der Waals surface area contributed by atoms with E-state index in [1.807, 2.05) is 44.2 Å². The van der Waals surface area contributed by atoms with Crippen molar-refractivity contribution in [2.75, 3.05) is 19.0 Å². The molecule has 0 radical (unpaired) electrons. The second-order valence-corrected chi connectivity index (χ2v) is 8.50. The summed E-state index contributed by atoms with van der Waals surface area (Å²) in [6, 6.07) is 13.2. The predicted molar refractivity (Wildman–Crippen MR) is 118 cm³/mol. The predicted octanol–water partition coefficient (Wildman–Crippen LogP) is 5.72. The van der Waals surface area contributed by atoms with Gasteiger partial charge in [0.2, 0.25) is 0 Å². The van der Waals surface area contributed by atoms with Gasteiger partial charge in [0.15, 0.2) is 5.13 Å². The summed E-state index contributed by atoms with van der Waals surface area (Å²) in [5.41, 5.74) is 3.45. The van der Waals surface area contributed by atoms with Gasteiger partial charge < -0.3 is 9.47 Å². The number of carbonyl (C=O) groups is 1. The fourth-order valence-corrected chi connectivity index (χ4v) is 3.73. The van der Waals surface area contributed by atoms with Gasteiger partial charge in [0.25, 0.3) is 5.91 Å². The second-order valence-electron chi connectivity index (χ2n) is 7.30. The summed E-state index contributed by atoms with van der Waals surface area (Å²) in [6.45, 7) is 8.79. The molecule has 0 atom stereocenters. The van der Waals surface area contributed by atoms with Crippen LogP contribution in [0.4, 0.5) is 5.13 Å². The second kappa shape index (κ2) is 9.09. The van der Waals surface area contributed by atoms with E-state index in [0.717, 1.165) is 27.4 Å². The molecule has 152 valence electrons. The van der Waals surface area contributed by atoms with Crippen molar-refractivity contribution in [2.45, 2.75) is 27.7 Å². The molecule has 3 rings (SSSR count). The highest BCUT2D eigenvalue weighted by atomic mass is 32.1. The number of nitrogens with one attached hydrogen (secondary N) is 1. The topological polar surface area (TPSA) is 60.5 Å². The average molecular weight is 411 g/mol. The average Bonchev–Trinajstić information content (AvgIpc) is 3.06. The molecule has 0 aliphatic rings. The van der Waals surface area contributed by atoms with Gasteiger partial charge in [0.05, 0.1) is 19.4 Å². The van der Waals surface area contributed by atoms with E-state index in [2.05, 4.69) is 24.1 Å². The smallest absolute Gasteiger partial charge is 0.257 e. The SMILES string of the molecule is COc1ccc(-c2nc(NC(=O)c3cccc(OCC(C)C)c3)sc2C)cc1C. The van der Waals surface area contributed by atoms with E-state index in [1.54, 1.807) is 19.2 Å². The standard InChI is InChI=1S/C23H26N2O3S/c1-14(2)13-28-19-8-6-7-18(12-19)22(26)25-23-24-21(16(4)29-23)17-9-10-20(27-5)15(3)11-17/h6-12,14H,13H2,1-5H3,(H,24,25,26). The Morgan fingerprint density at radius 1 is 1.17 bits per heavy atom. The first-order chi connectivity index (χ1) is 13.9. The van der Waals surface area contributed by atoms with Crippen LogP contribution in [-0.2, 0) is 0 Å². The Balaban J connectivity index is 1.76. The zero-order valence-corrected chi connectivity index (χ0v) is 18.2. The van der Waals surface area contributed by atoms with Crippen molar-refractivity contribution in [1.82, 2.24) is 4.98 Å². The quantitative estimate of drug-likeness (QED) is 0.541. The third kappa shape index (κ3) is 5.15. The van der Waals surface area contributed by atoms with Crippen LogP contribution < -0.4 is 14.8 Å². The van der Waals surface area contributed by atoms with E-state index >= 15 is 0 Å². The van der Waals surface area contributed by atoms with Crippen LogP contribution in [0.1, 0.15) is 34.6 Å². The summed E-state index contributed by atoms with van der Waals surface area (Å²) < 4.78 is 11.0. The van der Waals surface area contributed by atoms with Crippen molar-refractivity contribution in [3.8, 4) is 22.8 Å². The van der Waals surface area contributed by atoms with Crippen molar-refractivity contribution in [3.05, 3.63) is 58.5 Å². The highest BCUT2D eigenvalue weighted by Crippen LogP contribution is 2.33. The number of hydrogen-bond acceptors (Lipinski definition) is 5. The number of rotatable bonds is 7. The van der Waals surface area contributed by atoms with E-state index in [4.69, 9.17) is 9.47 Å². The molecule has 0 saturated carbocycles. The number of thiazole rings is 1. The summed E-state index contributed by atoms with van der Waals surface area (Å²) in [5.74, 6) is 1.75. The Labute approximate surface area is 175 Å². The van der Waals surface area contributed by atoms with E-state index in [1.165, 1.54) is 11.3 Å². The summed E-state index contributed by atoms with van der Waals surface area (Å²) in [6.07, 6.45) is 0. The van der Waals surface area contributed by atoms with Crippen molar-refractivity contribution in [3.63, 3.8) is 0 Å². The number of nitrogens with zero attached hydrogens (tertiary/aromatic N) is 1. The number of benzene rings is 2. The first kappa shape index (κ1) is 20.9. The van der Waals surface area contributed by atoms with Gasteiger partial charge in [-0.15, -0.1) is 11.3 Å². The van der Waals surface area contributed by atoms with Crippen LogP contribution in [0, 0.1) is 19.8 Å². The van der Waals surface area contributed by atoms with Gasteiger partial charge in [-0.3, -0.25) is 10.1 Å². The van der Waals surface area contributed by atoms with Crippen LogP contribution >= 0.6 is 11.3 Å². The molecule has 29 heavy (non-hydrogen) atoms. The molecular weight excluding hydrogens is 384 g/mol. The lowest BCUT2D eigenvalue weighted by Gasteiger charge is -2.09. The summed E-state index contributed by atoms with van der Waals surface area (Å²) in [7, 11) is 1.66. The highest BCUT2D eigenvalue weighted by molar-refractivity contribution is 7.16. The van der Waals surface area contributed by atoms with Gasteiger partial charge in [-0.1, -0.05) is 19.9 Å². The molecule has 6 heteroatoms. The molecule has 1 N–H and O–H groups in total. The molecule has 0 bridgehead atoms. The number of ether oxygens (including phenoxy) is 2. The van der Waals surface area contributed by atoms with Crippen LogP contribution in [0.15, 0.2) is 42.5 Å². The van der Waals surface area contributed by atoms with Crippen LogP contribution in [0.3, 0.4) is 0 Å². The normalized spacial score (nSPS) is 10.8. The van der Waals surface area contributed by atoms with Crippen molar-refractivity contribution >= 4 is 22.4 Å². The fraction of sp³-hybridized carbons (Fsp3) is 0.304. The van der Waals surface area contributed by atoms with Gasteiger partial charge in [-0.25, -0.2) is 4.98 Å². The Morgan fingerprint density at radius 3 is 2.66 bits per heavy atom. The van der Waals surface area contributed by atoms with E-state index in [-0.39, 0.29) is 5.91 Å². The molecule has 0 saturated heterocycles. The monoisotopic (exact) mass is 410 g/mol. The molecule has 0 aliphatic carbocycles. The molecule has 0 fully saturated rings. The Hall–Kier alpha value is -2.86. The zero-order valence-electron chi connectivity index (χ0n) is 17.4. The summed E-state index contributed by atoms with van der Waals surface area (Å²) in [5, 5.41) is 3.48. The third-order valence-corrected chi connectivity index (χ3v) is 5.25. The van der Waals surface area contributed by atoms with Crippen LogP contribution in [0.5, 0.6) is 11.5 Å².